The van der Waals surface area contributed by atoms with E-state index in [1.807, 2.05) is 26.0 Å². The highest BCUT2D eigenvalue weighted by Gasteiger charge is 2.30. The minimum Gasteiger partial charge on any atom is -0.347 e. The van der Waals surface area contributed by atoms with Crippen molar-refractivity contribution in [3.05, 3.63) is 50.7 Å². The minimum atomic E-state index is -0.0305. The van der Waals surface area contributed by atoms with Crippen LogP contribution in [0.1, 0.15) is 42.3 Å². The highest BCUT2D eigenvalue weighted by molar-refractivity contribution is 9.10. The van der Waals surface area contributed by atoms with Gasteiger partial charge in [-0.2, -0.15) is 5.10 Å². The zero-order valence-electron chi connectivity index (χ0n) is 13.9. The van der Waals surface area contributed by atoms with Gasteiger partial charge >= 0.3 is 0 Å². The van der Waals surface area contributed by atoms with E-state index < -0.39 is 0 Å². The SMILES string of the molecule is Cc1nn(CC(=O)NC(c2ccc(Br)cc2)C2CCC2)c(C)c1Cl. The van der Waals surface area contributed by atoms with Crippen LogP contribution in [0.5, 0.6) is 0 Å². The molecule has 1 aliphatic rings. The third-order valence-corrected chi connectivity index (χ3v) is 5.83. The lowest BCUT2D eigenvalue weighted by atomic mass is 9.77. The summed E-state index contributed by atoms with van der Waals surface area (Å²) in [6.45, 7) is 3.93. The Morgan fingerprint density at radius 2 is 2.04 bits per heavy atom. The molecular weight excluding hydrogens is 390 g/mol. The van der Waals surface area contributed by atoms with Crippen molar-refractivity contribution in [2.75, 3.05) is 0 Å². The standard InChI is InChI=1S/C18H21BrClN3O/c1-11-17(20)12(2)23(22-11)10-16(24)21-18(13-4-3-5-13)14-6-8-15(19)9-7-14/h6-9,13,18H,3-5,10H2,1-2H3,(H,21,24). The number of rotatable bonds is 5. The molecule has 1 amide bonds. The summed E-state index contributed by atoms with van der Waals surface area (Å²) in [6.07, 6.45) is 3.56. The Morgan fingerprint density at radius 1 is 1.38 bits per heavy atom. The summed E-state index contributed by atoms with van der Waals surface area (Å²) in [5.74, 6) is 0.483. The molecule has 0 bridgehead atoms. The van der Waals surface area contributed by atoms with Crippen molar-refractivity contribution in [1.82, 2.24) is 15.1 Å². The predicted molar refractivity (Wildman–Crippen MR) is 99.1 cm³/mol. The van der Waals surface area contributed by atoms with E-state index in [-0.39, 0.29) is 18.5 Å². The van der Waals surface area contributed by atoms with Gasteiger partial charge in [0.25, 0.3) is 0 Å². The molecule has 4 nitrogen and oxygen atoms in total. The average molecular weight is 411 g/mol. The van der Waals surface area contributed by atoms with Crippen molar-refractivity contribution < 1.29 is 4.79 Å². The van der Waals surface area contributed by atoms with E-state index in [4.69, 9.17) is 11.6 Å². The fourth-order valence-corrected chi connectivity index (χ4v) is 3.50. The molecule has 0 radical (unpaired) electrons. The number of carbonyl (C=O) groups is 1. The van der Waals surface area contributed by atoms with Crippen molar-refractivity contribution in [3.8, 4) is 0 Å². The maximum Gasteiger partial charge on any atom is 0.242 e. The molecule has 3 rings (SSSR count). The number of amides is 1. The van der Waals surface area contributed by atoms with Gasteiger partial charge in [-0.25, -0.2) is 0 Å². The molecule has 1 aliphatic carbocycles. The largest absolute Gasteiger partial charge is 0.347 e. The molecule has 128 valence electrons. The van der Waals surface area contributed by atoms with Crippen LogP contribution in [-0.2, 0) is 11.3 Å². The summed E-state index contributed by atoms with van der Waals surface area (Å²) in [5, 5.41) is 8.17. The van der Waals surface area contributed by atoms with E-state index >= 15 is 0 Å². The van der Waals surface area contributed by atoms with Gasteiger partial charge in [0.2, 0.25) is 5.91 Å². The maximum absolute atomic E-state index is 12.6. The van der Waals surface area contributed by atoms with Crippen LogP contribution >= 0.6 is 27.5 Å². The number of halogens is 2. The number of carbonyl (C=O) groups excluding carboxylic acids is 1. The van der Waals surface area contributed by atoms with Gasteiger partial charge in [0, 0.05) is 4.47 Å². The molecule has 0 aliphatic heterocycles. The van der Waals surface area contributed by atoms with Gasteiger partial charge in [-0.1, -0.05) is 46.1 Å². The van der Waals surface area contributed by atoms with Gasteiger partial charge in [0.1, 0.15) is 6.54 Å². The number of benzene rings is 1. The zero-order chi connectivity index (χ0) is 17.3. The first-order chi connectivity index (χ1) is 11.5. The molecule has 1 atom stereocenters. The third kappa shape index (κ3) is 3.67. The summed E-state index contributed by atoms with van der Waals surface area (Å²) < 4.78 is 2.72. The van der Waals surface area contributed by atoms with E-state index in [2.05, 4.69) is 38.5 Å². The van der Waals surface area contributed by atoms with Crippen molar-refractivity contribution in [1.29, 1.82) is 0 Å². The number of nitrogens with one attached hydrogen (secondary N) is 1. The van der Waals surface area contributed by atoms with E-state index in [9.17, 15) is 4.79 Å². The summed E-state index contributed by atoms with van der Waals surface area (Å²) in [7, 11) is 0. The number of nitrogens with zero attached hydrogens (tertiary/aromatic N) is 2. The van der Waals surface area contributed by atoms with E-state index in [1.54, 1.807) is 4.68 Å². The smallest absolute Gasteiger partial charge is 0.242 e. The van der Waals surface area contributed by atoms with Gasteiger partial charge in [0.05, 0.1) is 22.5 Å². The van der Waals surface area contributed by atoms with Crippen molar-refractivity contribution in [2.24, 2.45) is 5.92 Å². The highest BCUT2D eigenvalue weighted by Crippen LogP contribution is 2.38. The van der Waals surface area contributed by atoms with Gasteiger partial charge < -0.3 is 5.32 Å². The Bertz CT molecular complexity index is 737. The molecule has 24 heavy (non-hydrogen) atoms. The quantitative estimate of drug-likeness (QED) is 0.784. The van der Waals surface area contributed by atoms with Crippen LogP contribution in [0.3, 0.4) is 0 Å². The van der Waals surface area contributed by atoms with Crippen LogP contribution < -0.4 is 5.32 Å². The van der Waals surface area contributed by atoms with Gasteiger partial charge in [-0.15, -0.1) is 0 Å². The first-order valence-corrected chi connectivity index (χ1v) is 9.37. The van der Waals surface area contributed by atoms with Crippen LogP contribution in [0.15, 0.2) is 28.7 Å². The molecule has 2 aromatic rings. The van der Waals surface area contributed by atoms with Crippen LogP contribution in [0.2, 0.25) is 5.02 Å². The van der Waals surface area contributed by atoms with E-state index in [0.717, 1.165) is 34.3 Å². The number of aryl methyl sites for hydroxylation is 1. The normalized spacial score (nSPS) is 15.8. The topological polar surface area (TPSA) is 46.9 Å². The molecular formula is C18H21BrClN3O. The van der Waals surface area contributed by atoms with Crippen LogP contribution in [0.25, 0.3) is 0 Å². The average Bonchev–Trinajstić information content (AvgIpc) is 2.73. The second-order valence-electron chi connectivity index (χ2n) is 6.43. The minimum absolute atomic E-state index is 0.0305. The Kier molecular flexibility index (Phi) is 5.30. The molecule has 1 heterocycles. The number of hydrogen-bond donors (Lipinski definition) is 1. The molecule has 1 N–H and O–H groups in total. The molecule has 1 unspecified atom stereocenters. The predicted octanol–water partition coefficient (Wildman–Crippen LogP) is 4.57. The molecule has 1 aromatic heterocycles. The zero-order valence-corrected chi connectivity index (χ0v) is 16.2. The Labute approximate surface area is 155 Å². The molecule has 6 heteroatoms. The van der Waals surface area contributed by atoms with Crippen molar-refractivity contribution >= 4 is 33.4 Å². The maximum atomic E-state index is 12.6. The first kappa shape index (κ1) is 17.5. The summed E-state index contributed by atoms with van der Waals surface area (Å²) in [5.41, 5.74) is 2.74. The molecule has 1 fully saturated rings. The van der Waals surface area contributed by atoms with Crippen LogP contribution in [-0.4, -0.2) is 15.7 Å². The number of hydrogen-bond acceptors (Lipinski definition) is 2. The summed E-state index contributed by atoms with van der Waals surface area (Å²) in [4.78, 5) is 12.6. The van der Waals surface area contributed by atoms with Gasteiger partial charge in [-0.3, -0.25) is 9.48 Å². The molecule has 1 saturated carbocycles. The summed E-state index contributed by atoms with van der Waals surface area (Å²) >= 11 is 9.62. The Morgan fingerprint density at radius 3 is 2.54 bits per heavy atom. The summed E-state index contributed by atoms with van der Waals surface area (Å²) in [6, 6.07) is 8.26. The highest BCUT2D eigenvalue weighted by atomic mass is 79.9. The van der Waals surface area contributed by atoms with Gasteiger partial charge in [-0.05, 0) is 50.3 Å². The first-order valence-electron chi connectivity index (χ1n) is 8.20. The van der Waals surface area contributed by atoms with E-state index in [0.29, 0.717) is 10.9 Å². The molecule has 0 saturated heterocycles. The lowest BCUT2D eigenvalue weighted by Crippen LogP contribution is -2.38. The fraction of sp³-hybridized carbons (Fsp3) is 0.444. The van der Waals surface area contributed by atoms with Crippen molar-refractivity contribution in [2.45, 2.75) is 45.7 Å². The van der Waals surface area contributed by atoms with Crippen molar-refractivity contribution in [3.63, 3.8) is 0 Å². The van der Waals surface area contributed by atoms with Crippen LogP contribution in [0.4, 0.5) is 0 Å². The number of aromatic nitrogens is 2. The second kappa shape index (κ2) is 7.28. The third-order valence-electron chi connectivity index (χ3n) is 4.75. The Hall–Kier alpha value is -1.33. The molecule has 0 spiro atoms. The monoisotopic (exact) mass is 409 g/mol. The van der Waals surface area contributed by atoms with E-state index in [1.165, 1.54) is 6.42 Å². The second-order valence-corrected chi connectivity index (χ2v) is 7.72. The Balaban J connectivity index is 1.73. The lowest BCUT2D eigenvalue weighted by molar-refractivity contribution is -0.123. The molecule has 1 aromatic carbocycles. The van der Waals surface area contributed by atoms with Crippen LogP contribution in [0, 0.1) is 19.8 Å². The van der Waals surface area contributed by atoms with Gasteiger partial charge in [0.15, 0.2) is 0 Å². The lowest BCUT2D eigenvalue weighted by Gasteiger charge is -2.34. The fourth-order valence-electron chi connectivity index (χ4n) is 3.10.